The number of ether oxygens (including phenoxy) is 2. The van der Waals surface area contributed by atoms with E-state index in [9.17, 15) is 9.59 Å². The summed E-state index contributed by atoms with van der Waals surface area (Å²) in [5, 5.41) is 0. The van der Waals surface area contributed by atoms with Gasteiger partial charge in [0.2, 0.25) is 0 Å². The van der Waals surface area contributed by atoms with Crippen molar-refractivity contribution in [2.75, 3.05) is 19.8 Å². The number of hydrogen-bond donors (Lipinski definition) is 0. The van der Waals surface area contributed by atoms with Crippen molar-refractivity contribution in [3.05, 3.63) is 35.4 Å². The van der Waals surface area contributed by atoms with E-state index in [1.165, 1.54) is 0 Å². The molecule has 2 rings (SSSR count). The fourth-order valence-corrected chi connectivity index (χ4v) is 2.22. The van der Waals surface area contributed by atoms with Gasteiger partial charge in [0, 0.05) is 12.1 Å². The summed E-state index contributed by atoms with van der Waals surface area (Å²) in [5.41, 5.74) is 1.02. The van der Waals surface area contributed by atoms with E-state index in [2.05, 4.69) is 0 Å². The number of carbonyl (C=O) groups excluding carboxylic acids is 2. The van der Waals surface area contributed by atoms with Crippen molar-refractivity contribution in [3.8, 4) is 0 Å². The SMILES string of the molecule is CC(C)(C)OC(=O)N1CCOC[C@H]1c1ccc(C=O)cc1. The van der Waals surface area contributed by atoms with Gasteiger partial charge in [0.05, 0.1) is 19.3 Å². The molecule has 0 N–H and O–H groups in total. The molecule has 0 saturated carbocycles. The van der Waals surface area contributed by atoms with Crippen molar-refractivity contribution >= 4 is 12.4 Å². The van der Waals surface area contributed by atoms with E-state index in [1.54, 1.807) is 17.0 Å². The van der Waals surface area contributed by atoms with Gasteiger partial charge in [-0.05, 0) is 26.3 Å². The molecule has 21 heavy (non-hydrogen) atoms. The number of hydrogen-bond acceptors (Lipinski definition) is 4. The standard InChI is InChI=1S/C16H21NO4/c1-16(2,3)21-15(19)17-8-9-20-11-14(17)13-6-4-12(10-18)5-7-13/h4-7,10,14H,8-9,11H2,1-3H3/t14-/m0/s1. The maximum atomic E-state index is 12.3. The zero-order chi connectivity index (χ0) is 15.5. The second-order valence-corrected chi connectivity index (χ2v) is 6.05. The van der Waals surface area contributed by atoms with Gasteiger partial charge in [0.15, 0.2) is 0 Å². The number of rotatable bonds is 2. The second kappa shape index (κ2) is 6.26. The smallest absolute Gasteiger partial charge is 0.410 e. The molecule has 0 bridgehead atoms. The first-order valence-corrected chi connectivity index (χ1v) is 7.03. The predicted molar refractivity (Wildman–Crippen MR) is 78.3 cm³/mol. The molecule has 5 nitrogen and oxygen atoms in total. The van der Waals surface area contributed by atoms with Crippen LogP contribution in [0.3, 0.4) is 0 Å². The fourth-order valence-electron chi connectivity index (χ4n) is 2.22. The molecule has 1 fully saturated rings. The van der Waals surface area contributed by atoms with Crippen molar-refractivity contribution in [1.29, 1.82) is 0 Å². The summed E-state index contributed by atoms with van der Waals surface area (Å²) in [4.78, 5) is 24.7. The van der Waals surface area contributed by atoms with E-state index in [0.29, 0.717) is 25.3 Å². The van der Waals surface area contributed by atoms with Crippen LogP contribution in [0.2, 0.25) is 0 Å². The molecule has 1 heterocycles. The molecule has 0 aliphatic carbocycles. The Hall–Kier alpha value is -1.88. The zero-order valence-corrected chi connectivity index (χ0v) is 12.7. The van der Waals surface area contributed by atoms with E-state index in [4.69, 9.17) is 9.47 Å². The Morgan fingerprint density at radius 3 is 2.57 bits per heavy atom. The lowest BCUT2D eigenvalue weighted by molar-refractivity contribution is -0.0331. The monoisotopic (exact) mass is 291 g/mol. The highest BCUT2D eigenvalue weighted by atomic mass is 16.6. The summed E-state index contributed by atoms with van der Waals surface area (Å²) in [6.07, 6.45) is 0.461. The second-order valence-electron chi connectivity index (χ2n) is 6.05. The van der Waals surface area contributed by atoms with Crippen molar-refractivity contribution in [2.45, 2.75) is 32.4 Å². The van der Waals surface area contributed by atoms with Crippen LogP contribution in [0.15, 0.2) is 24.3 Å². The van der Waals surface area contributed by atoms with Gasteiger partial charge in [-0.2, -0.15) is 0 Å². The Morgan fingerprint density at radius 1 is 1.33 bits per heavy atom. The molecule has 0 unspecified atom stereocenters. The van der Waals surface area contributed by atoms with Crippen LogP contribution in [-0.2, 0) is 9.47 Å². The molecule has 1 aromatic rings. The minimum absolute atomic E-state index is 0.186. The number of amides is 1. The minimum Gasteiger partial charge on any atom is -0.444 e. The van der Waals surface area contributed by atoms with Crippen LogP contribution in [0, 0.1) is 0 Å². The lowest BCUT2D eigenvalue weighted by Crippen LogP contribution is -2.45. The quantitative estimate of drug-likeness (QED) is 0.786. The van der Waals surface area contributed by atoms with E-state index < -0.39 is 5.60 Å². The molecule has 1 amide bonds. The van der Waals surface area contributed by atoms with Crippen LogP contribution >= 0.6 is 0 Å². The third-order valence-electron chi connectivity index (χ3n) is 3.21. The van der Waals surface area contributed by atoms with E-state index in [-0.39, 0.29) is 12.1 Å². The average Bonchev–Trinajstić information content (AvgIpc) is 2.45. The molecular formula is C16H21NO4. The summed E-state index contributed by atoms with van der Waals surface area (Å²) >= 11 is 0. The first-order chi connectivity index (χ1) is 9.90. The molecule has 1 aliphatic rings. The van der Waals surface area contributed by atoms with Crippen LogP contribution in [0.1, 0.15) is 42.7 Å². The van der Waals surface area contributed by atoms with Gasteiger partial charge in [-0.25, -0.2) is 4.79 Å². The summed E-state index contributed by atoms with van der Waals surface area (Å²) in [7, 11) is 0. The van der Waals surface area contributed by atoms with Gasteiger partial charge in [0.25, 0.3) is 0 Å². The van der Waals surface area contributed by atoms with Gasteiger partial charge >= 0.3 is 6.09 Å². The first-order valence-electron chi connectivity index (χ1n) is 7.03. The van der Waals surface area contributed by atoms with Crippen molar-refractivity contribution < 1.29 is 19.1 Å². The summed E-state index contributed by atoms with van der Waals surface area (Å²) < 4.78 is 10.9. The van der Waals surface area contributed by atoms with Crippen LogP contribution in [-0.4, -0.2) is 42.6 Å². The maximum Gasteiger partial charge on any atom is 0.410 e. The highest BCUT2D eigenvalue weighted by Gasteiger charge is 2.31. The van der Waals surface area contributed by atoms with Gasteiger partial charge in [-0.15, -0.1) is 0 Å². The first kappa shape index (κ1) is 15.5. The molecule has 1 aliphatic heterocycles. The molecule has 0 aromatic heterocycles. The number of aldehydes is 1. The Labute approximate surface area is 124 Å². The van der Waals surface area contributed by atoms with Crippen molar-refractivity contribution in [3.63, 3.8) is 0 Å². The maximum absolute atomic E-state index is 12.3. The third kappa shape index (κ3) is 4.04. The third-order valence-corrected chi connectivity index (χ3v) is 3.21. The van der Waals surface area contributed by atoms with Crippen LogP contribution in [0.5, 0.6) is 0 Å². The highest BCUT2D eigenvalue weighted by Crippen LogP contribution is 2.26. The topological polar surface area (TPSA) is 55.8 Å². The van der Waals surface area contributed by atoms with Gasteiger partial charge in [-0.3, -0.25) is 9.69 Å². The van der Waals surface area contributed by atoms with Gasteiger partial charge in [-0.1, -0.05) is 24.3 Å². The van der Waals surface area contributed by atoms with Crippen LogP contribution < -0.4 is 0 Å². The number of morpholine rings is 1. The van der Waals surface area contributed by atoms with E-state index in [0.717, 1.165) is 11.8 Å². The minimum atomic E-state index is -0.526. The molecule has 1 aromatic carbocycles. The summed E-state index contributed by atoms with van der Waals surface area (Å²) in [5.74, 6) is 0. The molecular weight excluding hydrogens is 270 g/mol. The van der Waals surface area contributed by atoms with Crippen molar-refractivity contribution in [2.24, 2.45) is 0 Å². The largest absolute Gasteiger partial charge is 0.444 e. The van der Waals surface area contributed by atoms with Gasteiger partial charge < -0.3 is 9.47 Å². The molecule has 114 valence electrons. The molecule has 1 atom stereocenters. The predicted octanol–water partition coefficient (Wildman–Crippen LogP) is 2.81. The molecule has 5 heteroatoms. The summed E-state index contributed by atoms with van der Waals surface area (Å²) in [6, 6.07) is 6.99. The Morgan fingerprint density at radius 2 is 2.00 bits per heavy atom. The lowest BCUT2D eigenvalue weighted by Gasteiger charge is -2.36. The summed E-state index contributed by atoms with van der Waals surface area (Å²) in [6.45, 7) is 6.97. The molecule has 0 spiro atoms. The fraction of sp³-hybridized carbons (Fsp3) is 0.500. The van der Waals surface area contributed by atoms with Crippen LogP contribution in [0.4, 0.5) is 4.79 Å². The Balaban J connectivity index is 2.18. The number of nitrogens with zero attached hydrogens (tertiary/aromatic N) is 1. The molecule has 1 saturated heterocycles. The normalized spacial score (nSPS) is 19.2. The van der Waals surface area contributed by atoms with E-state index in [1.807, 2.05) is 32.9 Å². The van der Waals surface area contributed by atoms with Crippen LogP contribution in [0.25, 0.3) is 0 Å². The molecule has 0 radical (unpaired) electrons. The average molecular weight is 291 g/mol. The number of benzene rings is 1. The Kier molecular flexibility index (Phi) is 4.63. The lowest BCUT2D eigenvalue weighted by atomic mass is 10.0. The van der Waals surface area contributed by atoms with Crippen molar-refractivity contribution in [1.82, 2.24) is 4.90 Å². The van der Waals surface area contributed by atoms with Gasteiger partial charge in [0.1, 0.15) is 11.9 Å². The Bertz CT molecular complexity index is 504. The van der Waals surface area contributed by atoms with E-state index >= 15 is 0 Å². The number of carbonyl (C=O) groups is 2. The highest BCUT2D eigenvalue weighted by molar-refractivity contribution is 5.74. The zero-order valence-electron chi connectivity index (χ0n) is 12.7.